The molecule has 2 rings (SSSR count). The molecule has 155 valence electrons. The Morgan fingerprint density at radius 3 is 2.11 bits per heavy atom. The molecule has 2 aliphatic rings. The van der Waals surface area contributed by atoms with Crippen LogP contribution in [0.15, 0.2) is 0 Å². The first-order valence-corrected chi connectivity index (χ1v) is 9.09. The number of aliphatic hydroxyl groups is 2. The van der Waals surface area contributed by atoms with Crippen LogP contribution in [0, 0.1) is 0 Å². The van der Waals surface area contributed by atoms with Crippen molar-refractivity contribution < 1.29 is 55.5 Å². The maximum atomic E-state index is 11.1. The third-order valence-electron chi connectivity index (χ3n) is 4.30. The molecule has 27 heavy (non-hydrogen) atoms. The molecule has 3 atom stereocenters. The number of ketones is 1. The average molecular weight is 397 g/mol. The predicted molar refractivity (Wildman–Crippen MR) is 106 cm³/mol. The second kappa shape index (κ2) is 19.8. The number of carbonyl (C=O) groups excluding carboxylic acids is 1. The maximum absolute atomic E-state index is 11.1. The van der Waals surface area contributed by atoms with E-state index in [2.05, 4.69) is 16.8 Å². The third kappa shape index (κ3) is 17.1. The molecule has 7 nitrogen and oxygen atoms in total. The van der Waals surface area contributed by atoms with Gasteiger partial charge in [0.1, 0.15) is 5.78 Å². The minimum atomic E-state index is -0.176. The molecule has 2 N–H and O–H groups in total. The van der Waals surface area contributed by atoms with Gasteiger partial charge in [-0.15, -0.1) is 0 Å². The first kappa shape index (κ1) is 32.2. The van der Waals surface area contributed by atoms with Crippen LogP contribution in [0.2, 0.25) is 0 Å². The summed E-state index contributed by atoms with van der Waals surface area (Å²) in [6.07, 6.45) is 3.05. The summed E-state index contributed by atoms with van der Waals surface area (Å²) in [5, 5.41) is 17.0. The largest absolute Gasteiger partial charge is 1.00 e. The van der Waals surface area contributed by atoms with E-state index >= 15 is 0 Å². The smallest absolute Gasteiger partial charge is 1.00 e. The molecule has 0 bridgehead atoms. The van der Waals surface area contributed by atoms with Crippen LogP contribution in [-0.2, 0) is 14.3 Å². The first-order valence-electron chi connectivity index (χ1n) is 9.09. The number of likely N-dealkylation sites (tertiary alicyclic amines) is 2. The van der Waals surface area contributed by atoms with E-state index in [1.54, 1.807) is 21.1 Å². The van der Waals surface area contributed by atoms with Gasteiger partial charge in [0, 0.05) is 74.7 Å². The van der Waals surface area contributed by atoms with Crippen molar-refractivity contribution >= 4 is 14.2 Å². The Labute approximate surface area is 191 Å². The van der Waals surface area contributed by atoms with E-state index in [1.807, 2.05) is 7.05 Å². The summed E-state index contributed by atoms with van der Waals surface area (Å²) < 4.78 is 10.4. The van der Waals surface area contributed by atoms with Crippen molar-refractivity contribution in [2.75, 3.05) is 61.1 Å². The van der Waals surface area contributed by atoms with Gasteiger partial charge in [0.25, 0.3) is 0 Å². The number of Topliss-reactive ketones (excluding diaryl/α,β-unsaturated/α-hetero) is 1. The van der Waals surface area contributed by atoms with Crippen LogP contribution in [0.25, 0.3) is 0 Å². The minimum absolute atomic E-state index is 0. The number of likely N-dealkylation sites (N-methyl/N-ethyl adjacent to an activating group) is 2. The normalized spacial score (nSPS) is 26.6. The standard InChI is InChI=1S/C8H17NO2.C8H15NO2.C2H6O.B.Na.H/c2*1-9-4-3-7(10)5-8(6-9)11-2;1-2-3;;;/h7-8,10H,3-6H2,1-2H3;8H,3-6H2,1-2H3;3H,2H2,1H3;;;/q;;;;+1;-1. The number of rotatable bonds is 2. The molecule has 0 aliphatic carbocycles. The van der Waals surface area contributed by atoms with Crippen molar-refractivity contribution in [2.45, 2.75) is 50.9 Å². The van der Waals surface area contributed by atoms with Crippen LogP contribution in [0.1, 0.15) is 34.0 Å². The quantitative estimate of drug-likeness (QED) is 0.485. The maximum Gasteiger partial charge on any atom is 1.00 e. The van der Waals surface area contributed by atoms with Crippen LogP contribution in [0.4, 0.5) is 0 Å². The van der Waals surface area contributed by atoms with E-state index in [9.17, 15) is 9.90 Å². The zero-order chi connectivity index (χ0) is 19.2. The van der Waals surface area contributed by atoms with E-state index in [-0.39, 0.29) is 64.3 Å². The number of nitrogens with zero attached hydrogens (tertiary/aromatic N) is 2. The van der Waals surface area contributed by atoms with Gasteiger partial charge in [0.05, 0.1) is 18.3 Å². The number of ether oxygens (including phenoxy) is 2. The van der Waals surface area contributed by atoms with Crippen molar-refractivity contribution in [3.63, 3.8) is 0 Å². The van der Waals surface area contributed by atoms with Crippen LogP contribution >= 0.6 is 0 Å². The van der Waals surface area contributed by atoms with Crippen molar-refractivity contribution in [1.82, 2.24) is 9.80 Å². The van der Waals surface area contributed by atoms with E-state index in [0.29, 0.717) is 18.6 Å². The Morgan fingerprint density at radius 2 is 1.59 bits per heavy atom. The fourth-order valence-electron chi connectivity index (χ4n) is 2.81. The molecule has 0 amide bonds. The topological polar surface area (TPSA) is 82.5 Å². The molecule has 3 unspecified atom stereocenters. The van der Waals surface area contributed by atoms with Crippen molar-refractivity contribution in [3.05, 3.63) is 0 Å². The molecule has 2 aliphatic heterocycles. The molecule has 2 fully saturated rings. The van der Waals surface area contributed by atoms with Gasteiger partial charge >= 0.3 is 29.6 Å². The Balaban J connectivity index is -0.000000165. The molecule has 0 aromatic carbocycles. The summed E-state index contributed by atoms with van der Waals surface area (Å²) in [6, 6.07) is 0. The molecular formula is C18H39BN2NaO5. The van der Waals surface area contributed by atoms with E-state index < -0.39 is 0 Å². The molecule has 0 saturated carbocycles. The SMILES string of the molecule is CCO.COC1CC(=O)CCN(C)C1.COC1CC(O)CCN(C)C1.[B].[H-].[Na+]. The van der Waals surface area contributed by atoms with Gasteiger partial charge in [0.15, 0.2) is 0 Å². The Kier molecular flexibility index (Phi) is 23.6. The zero-order valence-electron chi connectivity index (χ0n) is 19.2. The summed E-state index contributed by atoms with van der Waals surface area (Å²) in [7, 11) is 7.45. The van der Waals surface area contributed by atoms with Gasteiger partial charge in [-0.1, -0.05) is 0 Å². The number of aliphatic hydroxyl groups excluding tert-OH is 2. The summed E-state index contributed by atoms with van der Waals surface area (Å²) in [5.74, 6) is 0.321. The molecule has 2 saturated heterocycles. The van der Waals surface area contributed by atoms with E-state index in [1.165, 1.54) is 0 Å². The van der Waals surface area contributed by atoms with Gasteiger partial charge in [-0.3, -0.25) is 4.79 Å². The minimum Gasteiger partial charge on any atom is -1.00 e. The van der Waals surface area contributed by atoms with Crippen molar-refractivity contribution in [3.8, 4) is 0 Å². The Hall–Kier alpha value is 0.495. The van der Waals surface area contributed by atoms with E-state index in [0.717, 1.165) is 39.0 Å². The first-order chi connectivity index (χ1) is 11.9. The van der Waals surface area contributed by atoms with Crippen LogP contribution in [0.3, 0.4) is 0 Å². The summed E-state index contributed by atoms with van der Waals surface area (Å²) in [6.45, 7) is 5.59. The summed E-state index contributed by atoms with van der Waals surface area (Å²) >= 11 is 0. The zero-order valence-corrected chi connectivity index (χ0v) is 20.2. The molecular weight excluding hydrogens is 358 g/mol. The van der Waals surface area contributed by atoms with Crippen LogP contribution < -0.4 is 29.6 Å². The van der Waals surface area contributed by atoms with Gasteiger partial charge in [-0.25, -0.2) is 0 Å². The van der Waals surface area contributed by atoms with Gasteiger partial charge in [0.2, 0.25) is 0 Å². The van der Waals surface area contributed by atoms with Gasteiger partial charge in [-0.2, -0.15) is 0 Å². The van der Waals surface area contributed by atoms with Gasteiger partial charge in [-0.05, 0) is 27.4 Å². The Bertz CT molecular complexity index is 350. The van der Waals surface area contributed by atoms with Crippen LogP contribution in [-0.4, -0.2) is 114 Å². The predicted octanol–water partition coefficient (Wildman–Crippen LogP) is -2.88. The number of hydrogen-bond donors (Lipinski definition) is 2. The van der Waals surface area contributed by atoms with E-state index in [4.69, 9.17) is 14.6 Å². The molecule has 9 heteroatoms. The number of carbonyl (C=O) groups is 1. The molecule has 0 aromatic rings. The molecule has 2 heterocycles. The fourth-order valence-corrected chi connectivity index (χ4v) is 2.81. The second-order valence-corrected chi connectivity index (χ2v) is 6.73. The molecule has 3 radical (unpaired) electrons. The molecule has 0 aromatic heterocycles. The van der Waals surface area contributed by atoms with Crippen molar-refractivity contribution in [2.24, 2.45) is 0 Å². The average Bonchev–Trinajstić information content (AvgIpc) is 2.84. The van der Waals surface area contributed by atoms with Crippen LogP contribution in [0.5, 0.6) is 0 Å². The summed E-state index contributed by atoms with van der Waals surface area (Å²) in [5.41, 5.74) is 0. The second-order valence-electron chi connectivity index (χ2n) is 6.73. The molecule has 0 spiro atoms. The summed E-state index contributed by atoms with van der Waals surface area (Å²) in [4.78, 5) is 15.4. The monoisotopic (exact) mass is 397 g/mol. The van der Waals surface area contributed by atoms with Crippen molar-refractivity contribution in [1.29, 1.82) is 0 Å². The number of hydrogen-bond acceptors (Lipinski definition) is 7. The fraction of sp³-hybridized carbons (Fsp3) is 0.944. The third-order valence-corrected chi connectivity index (χ3v) is 4.30. The number of methoxy groups -OCH3 is 2. The van der Waals surface area contributed by atoms with Gasteiger partial charge < -0.3 is 30.9 Å². The Morgan fingerprint density at radius 1 is 1.11 bits per heavy atom.